The molecule has 0 radical (unpaired) electrons. The fraction of sp³-hybridized carbons (Fsp3) is 0.391. The summed E-state index contributed by atoms with van der Waals surface area (Å²) in [6.07, 6.45) is 19.1. The van der Waals surface area contributed by atoms with Crippen molar-refractivity contribution in [2.24, 2.45) is 11.8 Å². The van der Waals surface area contributed by atoms with Crippen LogP contribution in [0.1, 0.15) is 133 Å². The van der Waals surface area contributed by atoms with Crippen LogP contribution in [0.4, 0.5) is 0 Å². The van der Waals surface area contributed by atoms with Gasteiger partial charge in [-0.15, -0.1) is 46.1 Å². The molecule has 7 atom stereocenters. The zero-order valence-electron chi connectivity index (χ0n) is 75.9. The molecule has 7 aromatic carbocycles. The number of unbranched alkanes of at least 4 members (excludes halogenated alkanes) is 2. The summed E-state index contributed by atoms with van der Waals surface area (Å²) < 4.78 is 196. The highest BCUT2D eigenvalue weighted by molar-refractivity contribution is 7.50. The molecular weight excluding hydrogens is 1840 g/mol. The molecule has 0 heterocycles. The minimum absolute atomic E-state index is 0.209. The van der Waals surface area contributed by atoms with Gasteiger partial charge in [0.15, 0.2) is 0 Å². The molecule has 0 saturated heterocycles. The van der Waals surface area contributed by atoms with Crippen LogP contribution in [0.2, 0.25) is 10.0 Å². The van der Waals surface area contributed by atoms with Gasteiger partial charge in [-0.05, 0) is 175 Å². The number of hydrogen-bond donors (Lipinski definition) is 0. The van der Waals surface area contributed by atoms with Crippen LogP contribution in [0, 0.1) is 11.8 Å². The fourth-order valence-corrected chi connectivity index (χ4v) is 17.5. The molecule has 129 heavy (non-hydrogen) atoms. The molecule has 0 aliphatic rings. The van der Waals surface area contributed by atoms with E-state index in [9.17, 15) is 32.0 Å². The number of phosphoric ester groups is 7. The highest BCUT2D eigenvalue weighted by Crippen LogP contribution is 2.56. The van der Waals surface area contributed by atoms with Crippen molar-refractivity contribution in [1.82, 2.24) is 0 Å². The summed E-state index contributed by atoms with van der Waals surface area (Å²) in [5.74, 6) is 3.33. The van der Waals surface area contributed by atoms with Crippen molar-refractivity contribution in [2.45, 2.75) is 139 Å². The van der Waals surface area contributed by atoms with Crippen LogP contribution >= 0.6 is 78.0 Å². The van der Waals surface area contributed by atoms with Crippen molar-refractivity contribution >= 4 is 78.0 Å². The van der Waals surface area contributed by atoms with Crippen LogP contribution < -0.4 is 31.7 Å². The van der Waals surface area contributed by atoms with Crippen LogP contribution in [-0.2, 0) is 95.3 Å². The Morgan fingerprint density at radius 2 is 0.496 bits per heavy atom. The first-order valence-corrected chi connectivity index (χ1v) is 52.8. The lowest BCUT2D eigenvalue weighted by atomic mass is 10.2. The molecule has 0 aromatic heterocycles. The summed E-state index contributed by atoms with van der Waals surface area (Å²) >= 11 is 12.0. The Morgan fingerprint density at radius 3 is 0.744 bits per heavy atom. The Morgan fingerprint density at radius 1 is 0.279 bits per heavy atom. The lowest BCUT2D eigenvalue weighted by Gasteiger charge is -2.20. The minimum atomic E-state index is -3.68. The summed E-state index contributed by atoms with van der Waals surface area (Å²) in [6.45, 7) is 45.4. The maximum atomic E-state index is 12.6. The largest absolute Gasteiger partial charge is 0.530 e. The second kappa shape index (κ2) is 72.5. The number of rotatable bonds is 61. The maximum Gasteiger partial charge on any atom is 0.530 e. The maximum absolute atomic E-state index is 12.6. The van der Waals surface area contributed by atoms with Crippen molar-refractivity contribution in [3.05, 3.63) is 299 Å². The highest BCUT2D eigenvalue weighted by atomic mass is 35.5. The van der Waals surface area contributed by atoms with Crippen LogP contribution in [0.3, 0.4) is 0 Å². The van der Waals surface area contributed by atoms with E-state index in [4.69, 9.17) is 118 Å². The number of phosphoric acid groups is 7. The molecule has 7 rings (SSSR count). The number of benzene rings is 7. The van der Waals surface area contributed by atoms with E-state index in [0.717, 1.165) is 25.7 Å². The first-order chi connectivity index (χ1) is 61.8. The number of para-hydroxylation sites is 7. The molecule has 0 aliphatic carbocycles. The second-order valence-corrected chi connectivity index (χ2v) is 39.1. The molecule has 37 heteroatoms. The van der Waals surface area contributed by atoms with Crippen molar-refractivity contribution in [3.8, 4) is 40.2 Å². The van der Waals surface area contributed by atoms with Gasteiger partial charge in [-0.1, -0.05) is 235 Å². The van der Waals surface area contributed by atoms with Crippen molar-refractivity contribution in [2.75, 3.05) is 86.4 Å². The molecule has 0 amide bonds. The highest BCUT2D eigenvalue weighted by Gasteiger charge is 2.35. The summed E-state index contributed by atoms with van der Waals surface area (Å²) in [7, 11) is -23.8. The Bertz CT molecular complexity index is 4490. The van der Waals surface area contributed by atoms with Gasteiger partial charge in [0.05, 0.1) is 95.4 Å². The van der Waals surface area contributed by atoms with Gasteiger partial charge in [0, 0.05) is 7.11 Å². The van der Waals surface area contributed by atoms with Gasteiger partial charge in [0.1, 0.15) is 40.2 Å². The van der Waals surface area contributed by atoms with Crippen LogP contribution in [0.5, 0.6) is 40.2 Å². The molecule has 0 aliphatic heterocycles. The Hall–Kier alpha value is -7.05. The Labute approximate surface area is 776 Å². The van der Waals surface area contributed by atoms with Crippen molar-refractivity contribution < 1.29 is 127 Å². The molecule has 0 bridgehead atoms. The van der Waals surface area contributed by atoms with E-state index in [1.54, 1.807) is 233 Å². The smallest absolute Gasteiger partial charge is 0.404 e. The zero-order valence-corrected chi connectivity index (χ0v) is 83.6. The van der Waals surface area contributed by atoms with E-state index in [2.05, 4.69) is 46.1 Å². The topological polar surface area (TPSA) is 313 Å². The molecule has 7 aromatic rings. The van der Waals surface area contributed by atoms with Crippen LogP contribution in [0.25, 0.3) is 0 Å². The van der Waals surface area contributed by atoms with Gasteiger partial charge in [-0.25, -0.2) is 32.0 Å². The van der Waals surface area contributed by atoms with E-state index in [-0.39, 0.29) is 88.9 Å². The second-order valence-electron chi connectivity index (χ2n) is 27.1. The van der Waals surface area contributed by atoms with Gasteiger partial charge >= 0.3 is 54.8 Å². The SMILES string of the molecule is C=CCCOP(=O)(OC)Oc1ccccc1.C=CCCOP(=O)(OCC(C)C)Oc1ccccc1.C=CCCOP(=O)(OCC(C)C)Oc1ccccc1Cl.C=CCCOP(=O)(OCC)Oc1ccccc1.C=CCCOP(=O)(OCCCC)Oc1ccccc1.C=CCCOP(=O)(OCCCC)Oc1ccccc1Cl.C=CCCOP(=O)(Oc1ccccc1)OC(C)C. The van der Waals surface area contributed by atoms with E-state index < -0.39 is 54.8 Å². The average molecular weight is 1970 g/mol. The fourth-order valence-electron chi connectivity index (χ4n) is 8.25. The van der Waals surface area contributed by atoms with Crippen molar-refractivity contribution in [1.29, 1.82) is 0 Å². The molecule has 0 saturated carbocycles. The molecule has 0 N–H and O–H groups in total. The molecular formula is C92H133Cl2O28P7. The third-order valence-electron chi connectivity index (χ3n) is 14.4. The molecule has 718 valence electrons. The van der Waals surface area contributed by atoms with Crippen molar-refractivity contribution in [3.63, 3.8) is 0 Å². The summed E-state index contributed by atoms with van der Waals surface area (Å²) in [4.78, 5) is 0. The average Bonchev–Trinajstić information content (AvgIpc) is 0.848. The number of hydrogen-bond acceptors (Lipinski definition) is 28. The Balaban J connectivity index is 0.000000753. The first kappa shape index (κ1) is 120. The normalized spacial score (nSPS) is 13.9. The minimum Gasteiger partial charge on any atom is -0.404 e. The zero-order chi connectivity index (χ0) is 95.8. The standard InChI is InChI=1S/2C14H20ClO4P.2C14H21O4P.C13H19O4P.C12H17O4P.C11H15O4P/c1-4-5-10-17-20(16,18-11-12(2)3)19-14-9-7-6-8-13(14)15;1-3-5-11-17-20(16,18-12-6-4-2)19-14-10-8-7-9-13(14)15;1-4-5-11-16-19(15,17-12-13(2)3)18-14-9-7-6-8-10-14;1-3-5-12-16-19(15,17-13-6-4-2)18-14-10-8-7-9-11-14;1-4-5-11-15-18(14,16-12(2)3)17-13-9-7-6-8-10-13;1-3-5-11-15-17(13,14-4-2)16-12-9-7-6-8-10-12;1-3-4-10-14-16(12,13-2)15-11-8-6-5-7-9-11/h4,6-9,12H,1,5,10-11H2,2-3H3;3,7-10H,1,4-6,11-12H2,2H3;4,6-10,13H,1,5,11-12H2,2-3H3;3,7-11H,1,4-6,12-13H2,2H3;4,6-10,12H,1,5,11H2,2-3H3;3,6-10H,1,4-5,11H2,2H3;3,5-9H,1,4,10H2,2H3. The first-order valence-electron chi connectivity index (χ1n) is 41.9. The van der Waals surface area contributed by atoms with Crippen LogP contribution in [-0.4, -0.2) is 92.5 Å². The van der Waals surface area contributed by atoms with E-state index in [1.807, 2.05) is 71.9 Å². The summed E-state index contributed by atoms with van der Waals surface area (Å²) in [5.41, 5.74) is 0. The molecule has 7 unspecified atom stereocenters. The quantitative estimate of drug-likeness (QED) is 0.0194. The third-order valence-corrected chi connectivity index (χ3v) is 25.1. The van der Waals surface area contributed by atoms with E-state index in [0.29, 0.717) is 104 Å². The predicted octanol–water partition coefficient (Wildman–Crippen LogP) is 30.8. The predicted molar refractivity (Wildman–Crippen MR) is 516 cm³/mol. The van der Waals surface area contributed by atoms with E-state index >= 15 is 0 Å². The van der Waals surface area contributed by atoms with Crippen LogP contribution in [0.15, 0.2) is 289 Å². The van der Waals surface area contributed by atoms with Gasteiger partial charge in [-0.2, -0.15) is 0 Å². The number of halogens is 2. The summed E-state index contributed by atoms with van der Waals surface area (Å²) in [5, 5.41) is 0.715. The monoisotopic (exact) mass is 1970 g/mol. The molecule has 0 spiro atoms. The van der Waals surface area contributed by atoms with Gasteiger partial charge < -0.3 is 31.7 Å². The lowest BCUT2D eigenvalue weighted by molar-refractivity contribution is 0.127. The van der Waals surface area contributed by atoms with E-state index in [1.165, 1.54) is 7.11 Å². The van der Waals surface area contributed by atoms with Gasteiger partial charge in [0.25, 0.3) is 0 Å². The Kier molecular flexibility index (Phi) is 67.4. The lowest BCUT2D eigenvalue weighted by Crippen LogP contribution is -2.08. The summed E-state index contributed by atoms with van der Waals surface area (Å²) in [6, 6.07) is 57.7. The molecule has 0 fully saturated rings. The van der Waals surface area contributed by atoms with Gasteiger partial charge in [0.2, 0.25) is 0 Å². The third kappa shape index (κ3) is 60.7. The van der Waals surface area contributed by atoms with Gasteiger partial charge in [-0.3, -0.25) is 63.3 Å². The molecule has 28 nitrogen and oxygen atoms in total.